The fourth-order valence-corrected chi connectivity index (χ4v) is 6.14. The zero-order chi connectivity index (χ0) is 14.3. The number of piperazine rings is 1. The Morgan fingerprint density at radius 1 is 1.25 bits per heavy atom. The highest BCUT2D eigenvalue weighted by Gasteiger charge is 2.51. The number of carbonyl (C=O) groups is 2. The number of amides is 2. The van der Waals surface area contributed by atoms with Crippen molar-refractivity contribution >= 4 is 44.7 Å². The number of fused-ring (bicyclic) bond motifs is 3. The van der Waals surface area contributed by atoms with Crippen LogP contribution in [-0.2, 0) is 16.1 Å². The van der Waals surface area contributed by atoms with Crippen LogP contribution in [0.1, 0.15) is 10.4 Å². The van der Waals surface area contributed by atoms with Gasteiger partial charge < -0.3 is 9.80 Å². The van der Waals surface area contributed by atoms with Gasteiger partial charge in [-0.15, -0.1) is 17.9 Å². The van der Waals surface area contributed by atoms with Crippen molar-refractivity contribution in [1.82, 2.24) is 9.80 Å². The second-order valence-electron chi connectivity index (χ2n) is 4.73. The van der Waals surface area contributed by atoms with Crippen molar-refractivity contribution in [2.24, 2.45) is 0 Å². The SMILES string of the molecule is C=CCN1C(=O)C2SSC1C(=O)N2Cc1cc(C)cs1. The lowest BCUT2D eigenvalue weighted by Gasteiger charge is -2.47. The predicted molar refractivity (Wildman–Crippen MR) is 84.3 cm³/mol. The van der Waals surface area contributed by atoms with Gasteiger partial charge in [0.25, 0.3) is 11.8 Å². The molecule has 0 radical (unpaired) electrons. The predicted octanol–water partition coefficient (Wildman–Crippen LogP) is 2.46. The van der Waals surface area contributed by atoms with E-state index in [0.717, 1.165) is 4.88 Å². The number of rotatable bonds is 4. The molecule has 7 heteroatoms. The van der Waals surface area contributed by atoms with E-state index in [4.69, 9.17) is 0 Å². The number of hydrogen-bond acceptors (Lipinski definition) is 5. The fraction of sp³-hybridized carbons (Fsp3) is 0.385. The maximum atomic E-state index is 12.5. The Hall–Kier alpha value is -0.920. The van der Waals surface area contributed by atoms with Crippen LogP contribution in [0.25, 0.3) is 0 Å². The molecule has 0 saturated carbocycles. The summed E-state index contributed by atoms with van der Waals surface area (Å²) in [6.45, 7) is 6.65. The van der Waals surface area contributed by atoms with Crippen molar-refractivity contribution in [3.05, 3.63) is 34.5 Å². The van der Waals surface area contributed by atoms with Gasteiger partial charge in [-0.2, -0.15) is 0 Å². The molecule has 0 spiro atoms. The molecule has 0 aliphatic carbocycles. The highest BCUT2D eigenvalue weighted by atomic mass is 33.1. The number of carbonyl (C=O) groups excluding carboxylic acids is 2. The largest absolute Gasteiger partial charge is 0.315 e. The molecule has 0 N–H and O–H groups in total. The third-order valence-electron chi connectivity index (χ3n) is 3.23. The first kappa shape index (κ1) is 14.0. The smallest absolute Gasteiger partial charge is 0.258 e. The van der Waals surface area contributed by atoms with E-state index in [0.29, 0.717) is 13.1 Å². The van der Waals surface area contributed by atoms with Gasteiger partial charge in [0.2, 0.25) is 0 Å². The first-order valence-corrected chi connectivity index (χ1v) is 9.35. The number of thiophene rings is 1. The quantitative estimate of drug-likeness (QED) is 0.629. The van der Waals surface area contributed by atoms with E-state index in [1.807, 2.05) is 6.92 Å². The van der Waals surface area contributed by atoms with Gasteiger partial charge in [0.05, 0.1) is 6.54 Å². The van der Waals surface area contributed by atoms with Crippen molar-refractivity contribution in [3.63, 3.8) is 0 Å². The third kappa shape index (κ3) is 2.27. The minimum absolute atomic E-state index is 0.0199. The van der Waals surface area contributed by atoms with Gasteiger partial charge in [0, 0.05) is 11.4 Å². The highest BCUT2D eigenvalue weighted by molar-refractivity contribution is 8.77. The Labute approximate surface area is 129 Å². The molecule has 3 saturated heterocycles. The van der Waals surface area contributed by atoms with Gasteiger partial charge >= 0.3 is 0 Å². The van der Waals surface area contributed by atoms with Crippen LogP contribution in [0.5, 0.6) is 0 Å². The monoisotopic (exact) mass is 326 g/mol. The minimum atomic E-state index is -0.406. The topological polar surface area (TPSA) is 40.6 Å². The Bertz CT molecular complexity index is 572. The van der Waals surface area contributed by atoms with Gasteiger partial charge in [-0.1, -0.05) is 27.7 Å². The first-order valence-electron chi connectivity index (χ1n) is 6.20. The molecule has 20 heavy (non-hydrogen) atoms. The molecule has 3 aliphatic heterocycles. The normalized spacial score (nSPS) is 25.4. The van der Waals surface area contributed by atoms with Gasteiger partial charge in [-0.05, 0) is 23.9 Å². The molecule has 4 rings (SSSR count). The van der Waals surface area contributed by atoms with E-state index in [1.165, 1.54) is 27.2 Å². The molecule has 4 heterocycles. The molecule has 2 amide bonds. The van der Waals surface area contributed by atoms with Crippen molar-refractivity contribution in [2.45, 2.75) is 24.2 Å². The number of nitrogens with zero attached hydrogens (tertiary/aromatic N) is 2. The van der Waals surface area contributed by atoms with Crippen molar-refractivity contribution in [2.75, 3.05) is 6.54 Å². The van der Waals surface area contributed by atoms with E-state index in [2.05, 4.69) is 18.0 Å². The van der Waals surface area contributed by atoms with Gasteiger partial charge in [0.1, 0.15) is 0 Å². The van der Waals surface area contributed by atoms with Crippen molar-refractivity contribution < 1.29 is 9.59 Å². The summed E-state index contributed by atoms with van der Waals surface area (Å²) in [4.78, 5) is 29.3. The highest BCUT2D eigenvalue weighted by Crippen LogP contribution is 2.47. The van der Waals surface area contributed by atoms with E-state index < -0.39 is 10.7 Å². The molecular formula is C13H14N2O2S3. The molecule has 0 aromatic carbocycles. The van der Waals surface area contributed by atoms with Crippen LogP contribution >= 0.6 is 32.9 Å². The molecule has 3 aliphatic rings. The maximum Gasteiger partial charge on any atom is 0.258 e. The molecule has 3 fully saturated rings. The molecule has 1 aromatic rings. The standard InChI is InChI=1S/C13H14N2O2S3/c1-3-4-14-10(16)13-15(11(17)12(14)19-20-13)6-9-5-8(2)7-18-9/h3,5,7,12-13H,1,4,6H2,2H3. The van der Waals surface area contributed by atoms with Crippen LogP contribution < -0.4 is 0 Å². The van der Waals surface area contributed by atoms with Crippen LogP contribution in [0.3, 0.4) is 0 Å². The summed E-state index contributed by atoms with van der Waals surface area (Å²) in [6, 6.07) is 2.07. The molecule has 2 unspecified atom stereocenters. The van der Waals surface area contributed by atoms with Gasteiger partial charge in [-0.3, -0.25) is 9.59 Å². The van der Waals surface area contributed by atoms with Crippen LogP contribution in [-0.4, -0.2) is 38.9 Å². The van der Waals surface area contributed by atoms with Crippen molar-refractivity contribution in [3.8, 4) is 0 Å². The zero-order valence-electron chi connectivity index (χ0n) is 10.9. The minimum Gasteiger partial charge on any atom is -0.315 e. The Morgan fingerprint density at radius 2 is 1.90 bits per heavy atom. The summed E-state index contributed by atoms with van der Waals surface area (Å²) in [5.74, 6) is 0.0535. The van der Waals surface area contributed by atoms with E-state index in [-0.39, 0.29) is 11.8 Å². The summed E-state index contributed by atoms with van der Waals surface area (Å²) < 4.78 is 0. The Morgan fingerprint density at radius 3 is 2.50 bits per heavy atom. The average molecular weight is 326 g/mol. The maximum absolute atomic E-state index is 12.5. The number of hydrogen-bond donors (Lipinski definition) is 0. The molecule has 1 aromatic heterocycles. The van der Waals surface area contributed by atoms with E-state index in [9.17, 15) is 9.59 Å². The molecule has 2 atom stereocenters. The summed E-state index contributed by atoms with van der Waals surface area (Å²) in [6.07, 6.45) is 1.67. The van der Waals surface area contributed by atoms with Crippen molar-refractivity contribution in [1.29, 1.82) is 0 Å². The van der Waals surface area contributed by atoms with E-state index in [1.54, 1.807) is 27.2 Å². The van der Waals surface area contributed by atoms with Gasteiger partial charge in [-0.25, -0.2) is 0 Å². The summed E-state index contributed by atoms with van der Waals surface area (Å²) in [5, 5.41) is 1.26. The lowest BCUT2D eigenvalue weighted by molar-refractivity contribution is -0.153. The Kier molecular flexibility index (Phi) is 3.83. The average Bonchev–Trinajstić information content (AvgIpc) is 2.83. The molecular weight excluding hydrogens is 312 g/mol. The summed E-state index contributed by atoms with van der Waals surface area (Å²) in [5.41, 5.74) is 1.20. The zero-order valence-corrected chi connectivity index (χ0v) is 13.4. The van der Waals surface area contributed by atoms with Crippen LogP contribution in [0.2, 0.25) is 0 Å². The van der Waals surface area contributed by atoms with Crippen LogP contribution in [0.15, 0.2) is 24.1 Å². The summed E-state index contributed by atoms with van der Waals surface area (Å²) >= 11 is 1.63. The number of aryl methyl sites for hydroxylation is 1. The fourth-order valence-electron chi connectivity index (χ4n) is 2.30. The van der Waals surface area contributed by atoms with Crippen LogP contribution in [0.4, 0.5) is 0 Å². The van der Waals surface area contributed by atoms with Crippen LogP contribution in [0, 0.1) is 6.92 Å². The first-order chi connectivity index (χ1) is 9.61. The third-order valence-corrected chi connectivity index (χ3v) is 7.08. The lowest BCUT2D eigenvalue weighted by atomic mass is 10.2. The molecule has 4 nitrogen and oxygen atoms in total. The van der Waals surface area contributed by atoms with Gasteiger partial charge in [0.15, 0.2) is 10.7 Å². The molecule has 2 bridgehead atoms. The summed E-state index contributed by atoms with van der Waals surface area (Å²) in [7, 11) is 2.97. The Balaban J connectivity index is 1.82. The molecule has 106 valence electrons. The lowest BCUT2D eigenvalue weighted by Crippen LogP contribution is -2.64. The second-order valence-corrected chi connectivity index (χ2v) is 8.16. The van der Waals surface area contributed by atoms with E-state index >= 15 is 0 Å². The second kappa shape index (κ2) is 5.46.